The minimum absolute atomic E-state index is 0.111. The molecule has 0 bridgehead atoms. The van der Waals surface area contributed by atoms with Crippen LogP contribution in [-0.4, -0.2) is 55.2 Å². The van der Waals surface area contributed by atoms with Crippen LogP contribution < -0.4 is 5.32 Å². The highest BCUT2D eigenvalue weighted by Gasteiger charge is 2.51. The smallest absolute Gasteiger partial charge is 0.330 e. The van der Waals surface area contributed by atoms with Gasteiger partial charge in [-0.05, 0) is 12.8 Å². The lowest BCUT2D eigenvalue weighted by Gasteiger charge is -2.39. The van der Waals surface area contributed by atoms with Gasteiger partial charge in [0.05, 0.1) is 32.5 Å². The Bertz CT molecular complexity index is 413. The summed E-state index contributed by atoms with van der Waals surface area (Å²) in [6.45, 7) is 4.96. The summed E-state index contributed by atoms with van der Waals surface area (Å²) in [6.07, 6.45) is 0.387. The number of carbonyl (C=O) groups excluding carboxylic acids is 3. The van der Waals surface area contributed by atoms with Crippen molar-refractivity contribution in [1.82, 2.24) is 10.2 Å². The van der Waals surface area contributed by atoms with E-state index in [1.54, 1.807) is 13.8 Å². The van der Waals surface area contributed by atoms with Crippen molar-refractivity contribution in [2.75, 3.05) is 26.4 Å². The molecule has 0 aromatic carbocycles. The van der Waals surface area contributed by atoms with Gasteiger partial charge in [0.1, 0.15) is 5.41 Å². The van der Waals surface area contributed by atoms with Crippen LogP contribution in [0.4, 0.5) is 4.79 Å². The van der Waals surface area contributed by atoms with Crippen LogP contribution in [0.25, 0.3) is 0 Å². The van der Waals surface area contributed by atoms with Crippen LogP contribution in [0.1, 0.15) is 26.7 Å². The van der Waals surface area contributed by atoms with Crippen LogP contribution in [0.2, 0.25) is 0 Å². The summed E-state index contributed by atoms with van der Waals surface area (Å²) < 4.78 is 10.7. The van der Waals surface area contributed by atoms with Crippen molar-refractivity contribution in [3.8, 4) is 0 Å². The maximum absolute atomic E-state index is 12.6. The SMILES string of the molecule is CCC1(CC)C(=O)NC(=O)N(CC2COCCO2)C1=O. The summed E-state index contributed by atoms with van der Waals surface area (Å²) in [5.74, 6) is -0.944. The Kier molecular flexibility index (Phi) is 4.39. The molecule has 2 saturated heterocycles. The first-order valence-electron chi connectivity index (χ1n) is 6.92. The highest BCUT2D eigenvalue weighted by Crippen LogP contribution is 2.32. The minimum atomic E-state index is -1.15. The lowest BCUT2D eigenvalue weighted by atomic mass is 9.78. The predicted octanol–water partition coefficient (Wildman–Crippen LogP) is 0.287. The lowest BCUT2D eigenvalue weighted by Crippen LogP contribution is -2.65. The molecule has 0 spiro atoms. The third-order valence-corrected chi connectivity index (χ3v) is 4.03. The van der Waals surface area contributed by atoms with E-state index < -0.39 is 23.3 Å². The van der Waals surface area contributed by atoms with E-state index in [4.69, 9.17) is 9.47 Å². The van der Waals surface area contributed by atoms with E-state index in [2.05, 4.69) is 5.32 Å². The number of hydrogen-bond donors (Lipinski definition) is 1. The molecule has 1 N–H and O–H groups in total. The van der Waals surface area contributed by atoms with Gasteiger partial charge in [-0.3, -0.25) is 19.8 Å². The topological polar surface area (TPSA) is 84.9 Å². The minimum Gasteiger partial charge on any atom is -0.376 e. The van der Waals surface area contributed by atoms with Gasteiger partial charge in [0.25, 0.3) is 0 Å². The van der Waals surface area contributed by atoms with E-state index in [-0.39, 0.29) is 12.6 Å². The van der Waals surface area contributed by atoms with Gasteiger partial charge in [0.15, 0.2) is 0 Å². The number of amides is 4. The van der Waals surface area contributed by atoms with E-state index in [0.717, 1.165) is 4.90 Å². The fraction of sp³-hybridized carbons (Fsp3) is 0.769. The van der Waals surface area contributed by atoms with Crippen LogP contribution in [0.5, 0.6) is 0 Å². The Morgan fingerprint density at radius 1 is 1.25 bits per heavy atom. The zero-order chi connectivity index (χ0) is 14.8. The summed E-state index contributed by atoms with van der Waals surface area (Å²) >= 11 is 0. The molecule has 0 radical (unpaired) electrons. The standard InChI is InChI=1S/C13H20N2O5/c1-3-13(4-2)10(16)14-12(18)15(11(13)17)7-9-8-19-5-6-20-9/h9H,3-8H2,1-2H3,(H,14,16,18). The van der Waals surface area contributed by atoms with Crippen molar-refractivity contribution in [3.63, 3.8) is 0 Å². The molecule has 2 aliphatic heterocycles. The number of urea groups is 1. The second-order valence-electron chi connectivity index (χ2n) is 5.03. The molecule has 2 aliphatic rings. The van der Waals surface area contributed by atoms with E-state index in [9.17, 15) is 14.4 Å². The third kappa shape index (κ3) is 2.43. The second-order valence-corrected chi connectivity index (χ2v) is 5.03. The van der Waals surface area contributed by atoms with Crippen molar-refractivity contribution in [1.29, 1.82) is 0 Å². The van der Waals surface area contributed by atoms with E-state index in [1.165, 1.54) is 0 Å². The Labute approximate surface area is 117 Å². The Balaban J connectivity index is 2.16. The van der Waals surface area contributed by atoms with Gasteiger partial charge in [-0.25, -0.2) is 4.79 Å². The molecule has 7 nitrogen and oxygen atoms in total. The van der Waals surface area contributed by atoms with Gasteiger partial charge in [-0.1, -0.05) is 13.8 Å². The Hall–Kier alpha value is -1.47. The molecule has 2 fully saturated rings. The fourth-order valence-corrected chi connectivity index (χ4v) is 2.62. The van der Waals surface area contributed by atoms with Crippen LogP contribution in [0.3, 0.4) is 0 Å². The first-order valence-corrected chi connectivity index (χ1v) is 6.92. The number of carbonyl (C=O) groups is 3. The molecule has 112 valence electrons. The highest BCUT2D eigenvalue weighted by molar-refractivity contribution is 6.19. The number of nitrogens with one attached hydrogen (secondary N) is 1. The van der Waals surface area contributed by atoms with Crippen molar-refractivity contribution in [2.24, 2.45) is 5.41 Å². The van der Waals surface area contributed by atoms with Crippen molar-refractivity contribution in [3.05, 3.63) is 0 Å². The number of hydrogen-bond acceptors (Lipinski definition) is 5. The van der Waals surface area contributed by atoms with Gasteiger partial charge in [-0.15, -0.1) is 0 Å². The van der Waals surface area contributed by atoms with Gasteiger partial charge in [0.2, 0.25) is 11.8 Å². The number of rotatable bonds is 4. The first kappa shape index (κ1) is 14.9. The van der Waals surface area contributed by atoms with Gasteiger partial charge in [0, 0.05) is 0 Å². The molecule has 0 aromatic rings. The average molecular weight is 284 g/mol. The number of ether oxygens (including phenoxy) is 2. The molecule has 2 rings (SSSR count). The van der Waals surface area contributed by atoms with Crippen LogP contribution >= 0.6 is 0 Å². The molecule has 0 aliphatic carbocycles. The van der Waals surface area contributed by atoms with Crippen molar-refractivity contribution >= 4 is 17.8 Å². The first-order chi connectivity index (χ1) is 9.55. The van der Waals surface area contributed by atoms with E-state index in [0.29, 0.717) is 32.7 Å². The fourth-order valence-electron chi connectivity index (χ4n) is 2.62. The number of imide groups is 2. The molecule has 1 atom stereocenters. The zero-order valence-electron chi connectivity index (χ0n) is 11.8. The summed E-state index contributed by atoms with van der Waals surface area (Å²) in [5.41, 5.74) is -1.15. The monoisotopic (exact) mass is 284 g/mol. The summed E-state index contributed by atoms with van der Waals surface area (Å²) in [7, 11) is 0. The van der Waals surface area contributed by atoms with Gasteiger partial charge < -0.3 is 9.47 Å². The molecule has 2 heterocycles. The molecule has 7 heteroatoms. The summed E-state index contributed by atoms with van der Waals surface area (Å²) in [5, 5.41) is 2.27. The maximum Gasteiger partial charge on any atom is 0.330 e. The summed E-state index contributed by atoms with van der Waals surface area (Å²) in [4.78, 5) is 37.5. The summed E-state index contributed by atoms with van der Waals surface area (Å²) in [6, 6.07) is -0.674. The number of barbiturate groups is 1. The quantitative estimate of drug-likeness (QED) is 0.750. The van der Waals surface area contributed by atoms with E-state index >= 15 is 0 Å². The van der Waals surface area contributed by atoms with Crippen molar-refractivity contribution < 1.29 is 23.9 Å². The van der Waals surface area contributed by atoms with Gasteiger partial charge in [-0.2, -0.15) is 0 Å². The normalized spacial score (nSPS) is 26.6. The zero-order valence-corrected chi connectivity index (χ0v) is 11.8. The maximum atomic E-state index is 12.6. The Morgan fingerprint density at radius 2 is 1.95 bits per heavy atom. The van der Waals surface area contributed by atoms with Crippen LogP contribution in [-0.2, 0) is 19.1 Å². The third-order valence-electron chi connectivity index (χ3n) is 4.03. The molecule has 0 saturated carbocycles. The lowest BCUT2D eigenvalue weighted by molar-refractivity contribution is -0.155. The van der Waals surface area contributed by atoms with Crippen LogP contribution in [0, 0.1) is 5.41 Å². The average Bonchev–Trinajstić information content (AvgIpc) is 2.46. The highest BCUT2D eigenvalue weighted by atomic mass is 16.6. The van der Waals surface area contributed by atoms with Crippen molar-refractivity contribution in [2.45, 2.75) is 32.8 Å². The molecule has 20 heavy (non-hydrogen) atoms. The molecular weight excluding hydrogens is 264 g/mol. The van der Waals surface area contributed by atoms with E-state index in [1.807, 2.05) is 0 Å². The molecule has 0 aromatic heterocycles. The largest absolute Gasteiger partial charge is 0.376 e. The molecule has 1 unspecified atom stereocenters. The van der Waals surface area contributed by atoms with Gasteiger partial charge >= 0.3 is 6.03 Å². The van der Waals surface area contributed by atoms with Crippen LogP contribution in [0.15, 0.2) is 0 Å². The predicted molar refractivity (Wildman–Crippen MR) is 68.8 cm³/mol. The number of nitrogens with zero attached hydrogens (tertiary/aromatic N) is 1. The molecule has 4 amide bonds. The Morgan fingerprint density at radius 3 is 2.50 bits per heavy atom. The second kappa shape index (κ2) is 5.88. The molecular formula is C13H20N2O5.